The quantitative estimate of drug-likeness (QED) is 0.429. The van der Waals surface area contributed by atoms with Gasteiger partial charge in [0.1, 0.15) is 24.7 Å². The molecule has 9 unspecified atom stereocenters. The van der Waals surface area contributed by atoms with E-state index in [9.17, 15) is 9.18 Å². The van der Waals surface area contributed by atoms with Crippen LogP contribution < -0.4 is 21.3 Å². The lowest BCUT2D eigenvalue weighted by atomic mass is 9.83. The number of hydrogen-bond acceptors (Lipinski definition) is 6. The Kier molecular flexibility index (Phi) is 5.18. The van der Waals surface area contributed by atoms with Crippen LogP contribution in [-0.2, 0) is 4.74 Å². The van der Waals surface area contributed by atoms with E-state index in [2.05, 4.69) is 21.3 Å². The van der Waals surface area contributed by atoms with Gasteiger partial charge in [-0.15, -0.1) is 0 Å². The summed E-state index contributed by atoms with van der Waals surface area (Å²) < 4.78 is 36.7. The summed E-state index contributed by atoms with van der Waals surface area (Å²) in [4.78, 5) is 16.5. The van der Waals surface area contributed by atoms with Crippen LogP contribution >= 0.6 is 0 Å². The number of alkyl halides is 2. The molecule has 5 rings (SSSR count). The Balaban J connectivity index is 1.52. The molecule has 5 fully saturated rings. The van der Waals surface area contributed by atoms with Crippen molar-refractivity contribution in [3.05, 3.63) is 0 Å². The third-order valence-electron chi connectivity index (χ3n) is 7.39. The van der Waals surface area contributed by atoms with E-state index >= 15 is 4.39 Å². The number of carbonyl (C=O) groups is 1. The van der Waals surface area contributed by atoms with Gasteiger partial charge in [0.15, 0.2) is 0 Å². The minimum atomic E-state index is -1.24. The number of carbonyl (C=O) groups excluding carboxylic acids is 1. The number of fused-ring (bicyclic) bond motifs is 2. The van der Waals surface area contributed by atoms with Crippen molar-refractivity contribution in [1.82, 2.24) is 31.1 Å². The second-order valence-corrected chi connectivity index (χ2v) is 9.23. The average molecular weight is 415 g/mol. The molecular formula is C19H32F2N6O2. The van der Waals surface area contributed by atoms with Crippen molar-refractivity contribution in [2.45, 2.75) is 87.2 Å². The molecule has 5 aliphatic heterocycles. The summed E-state index contributed by atoms with van der Waals surface area (Å²) in [6, 6.07) is -1.38. The maximum absolute atomic E-state index is 15.3. The third-order valence-corrected chi connectivity index (χ3v) is 7.39. The first-order valence-corrected chi connectivity index (χ1v) is 10.9. The molecule has 2 bridgehead atoms. The molecule has 0 aromatic carbocycles. The number of halogens is 2. The van der Waals surface area contributed by atoms with E-state index in [1.165, 1.54) is 0 Å². The lowest BCUT2D eigenvalue weighted by Gasteiger charge is -2.53. The summed E-state index contributed by atoms with van der Waals surface area (Å²) in [5.41, 5.74) is 0. The van der Waals surface area contributed by atoms with Gasteiger partial charge in [-0.2, -0.15) is 0 Å². The standard InChI is InChI=1S/C19H32F2N6O2/c1-9-4-6-26(2)15-11(21)8-23-12-7-10(20)18(24-14(12)15)27-16-13(29-9)3-5-22-17(16)25-19(27)28/h9-18,22-24H,3-8H2,1-2H3,(H,25,28)/t9-,10?,11?,12?,13?,14?,15?,16?,17?,18?/m1/s1. The van der Waals surface area contributed by atoms with Crippen LogP contribution in [0.4, 0.5) is 13.6 Å². The zero-order chi connectivity index (χ0) is 20.3. The Morgan fingerprint density at radius 1 is 1.14 bits per heavy atom. The van der Waals surface area contributed by atoms with Crippen molar-refractivity contribution in [1.29, 1.82) is 0 Å². The SMILES string of the molecule is C[C@@H]1CCN(C)C2C(F)CNC3CC(F)C(NC32)N2C(=O)NC3NCCC(O1)C32. The van der Waals surface area contributed by atoms with Gasteiger partial charge >= 0.3 is 6.03 Å². The molecule has 5 aliphatic rings. The first-order valence-electron chi connectivity index (χ1n) is 10.9. The molecule has 4 N–H and O–H groups in total. The predicted octanol–water partition coefficient (Wildman–Crippen LogP) is -0.487. The summed E-state index contributed by atoms with van der Waals surface area (Å²) >= 11 is 0. The molecule has 5 heterocycles. The normalized spacial score (nSPS) is 50.9. The summed E-state index contributed by atoms with van der Waals surface area (Å²) in [6.07, 6.45) is -1.75. The molecule has 10 atom stereocenters. The molecule has 0 radical (unpaired) electrons. The van der Waals surface area contributed by atoms with Crippen LogP contribution in [0, 0.1) is 0 Å². The van der Waals surface area contributed by atoms with Crippen LogP contribution in [0.15, 0.2) is 0 Å². The van der Waals surface area contributed by atoms with E-state index in [1.807, 2.05) is 18.9 Å². The molecule has 8 nitrogen and oxygen atoms in total. The summed E-state index contributed by atoms with van der Waals surface area (Å²) in [7, 11) is 1.93. The van der Waals surface area contributed by atoms with Crippen molar-refractivity contribution in [3.63, 3.8) is 0 Å². The lowest BCUT2D eigenvalue weighted by molar-refractivity contribution is -0.0949. The molecule has 0 saturated carbocycles. The number of piperidine rings is 3. The maximum atomic E-state index is 15.3. The fourth-order valence-corrected chi connectivity index (χ4v) is 5.96. The molecule has 0 spiro atoms. The largest absolute Gasteiger partial charge is 0.373 e. The number of ether oxygens (including phenoxy) is 1. The molecular weight excluding hydrogens is 382 g/mol. The molecule has 0 aliphatic carbocycles. The molecule has 0 aromatic heterocycles. The molecule has 164 valence electrons. The van der Waals surface area contributed by atoms with Gasteiger partial charge in [0.2, 0.25) is 0 Å². The zero-order valence-electron chi connectivity index (χ0n) is 17.0. The Hall–Kier alpha value is -1.07. The number of rotatable bonds is 0. The van der Waals surface area contributed by atoms with Gasteiger partial charge in [-0.25, -0.2) is 13.6 Å². The van der Waals surface area contributed by atoms with Crippen molar-refractivity contribution >= 4 is 6.03 Å². The Morgan fingerprint density at radius 3 is 2.79 bits per heavy atom. The number of amides is 2. The topological polar surface area (TPSA) is 80.9 Å². The van der Waals surface area contributed by atoms with Crippen LogP contribution in [0.25, 0.3) is 0 Å². The second-order valence-electron chi connectivity index (χ2n) is 9.23. The van der Waals surface area contributed by atoms with E-state index in [4.69, 9.17) is 4.74 Å². The highest BCUT2D eigenvalue weighted by atomic mass is 19.1. The smallest absolute Gasteiger partial charge is 0.320 e. The Labute approximate surface area is 170 Å². The number of nitrogens with zero attached hydrogens (tertiary/aromatic N) is 2. The highest BCUT2D eigenvalue weighted by molar-refractivity contribution is 5.78. The summed E-state index contributed by atoms with van der Waals surface area (Å²) in [5, 5.41) is 12.8. The van der Waals surface area contributed by atoms with Crippen LogP contribution in [0.1, 0.15) is 26.2 Å². The van der Waals surface area contributed by atoms with E-state index in [0.717, 1.165) is 19.4 Å². The second kappa shape index (κ2) is 7.56. The van der Waals surface area contributed by atoms with Gasteiger partial charge in [0, 0.05) is 25.2 Å². The highest BCUT2D eigenvalue weighted by Crippen LogP contribution is 2.34. The van der Waals surface area contributed by atoms with Gasteiger partial charge in [-0.3, -0.25) is 20.4 Å². The predicted molar refractivity (Wildman–Crippen MR) is 103 cm³/mol. The third kappa shape index (κ3) is 3.33. The Bertz CT molecular complexity index is 644. The first kappa shape index (κ1) is 19.9. The van der Waals surface area contributed by atoms with Crippen molar-refractivity contribution < 1.29 is 18.3 Å². The minimum absolute atomic E-state index is 0.0253. The molecule has 2 amide bonds. The van der Waals surface area contributed by atoms with Crippen molar-refractivity contribution in [2.24, 2.45) is 0 Å². The minimum Gasteiger partial charge on any atom is -0.373 e. The van der Waals surface area contributed by atoms with Gasteiger partial charge in [0.05, 0.1) is 24.3 Å². The molecule has 0 aromatic rings. The van der Waals surface area contributed by atoms with Crippen LogP contribution in [-0.4, -0.2) is 104 Å². The number of nitrogens with one attached hydrogen (secondary N) is 4. The van der Waals surface area contributed by atoms with Gasteiger partial charge in [0.25, 0.3) is 0 Å². The zero-order valence-corrected chi connectivity index (χ0v) is 17.0. The number of likely N-dealkylation sites (N-methyl/N-ethyl adjacent to an activating group) is 1. The monoisotopic (exact) mass is 414 g/mol. The molecule has 10 heteroatoms. The van der Waals surface area contributed by atoms with E-state index in [-0.39, 0.29) is 61.5 Å². The summed E-state index contributed by atoms with van der Waals surface area (Å²) in [6.45, 7) is 3.70. The molecule has 29 heavy (non-hydrogen) atoms. The Morgan fingerprint density at radius 2 is 1.97 bits per heavy atom. The number of hydrogen-bond donors (Lipinski definition) is 4. The van der Waals surface area contributed by atoms with Gasteiger partial charge in [-0.05, 0) is 39.8 Å². The number of urea groups is 1. The first-order chi connectivity index (χ1) is 13.9. The fourth-order valence-electron chi connectivity index (χ4n) is 5.96. The van der Waals surface area contributed by atoms with E-state index in [0.29, 0.717) is 6.54 Å². The van der Waals surface area contributed by atoms with Crippen molar-refractivity contribution in [2.75, 3.05) is 26.7 Å². The van der Waals surface area contributed by atoms with Crippen LogP contribution in [0.5, 0.6) is 0 Å². The van der Waals surface area contributed by atoms with Crippen LogP contribution in [0.2, 0.25) is 0 Å². The van der Waals surface area contributed by atoms with E-state index < -0.39 is 18.5 Å². The molecule has 5 saturated heterocycles. The van der Waals surface area contributed by atoms with Crippen molar-refractivity contribution in [3.8, 4) is 0 Å². The average Bonchev–Trinajstić information content (AvgIpc) is 3.02. The van der Waals surface area contributed by atoms with E-state index in [1.54, 1.807) is 4.90 Å². The van der Waals surface area contributed by atoms with Crippen LogP contribution in [0.3, 0.4) is 0 Å². The fraction of sp³-hybridized carbons (Fsp3) is 0.947. The maximum Gasteiger partial charge on any atom is 0.320 e. The summed E-state index contributed by atoms with van der Waals surface area (Å²) in [5.74, 6) is 0. The van der Waals surface area contributed by atoms with Gasteiger partial charge in [-0.1, -0.05) is 0 Å². The highest BCUT2D eigenvalue weighted by Gasteiger charge is 2.55. The lowest BCUT2D eigenvalue weighted by Crippen LogP contribution is -2.76. The van der Waals surface area contributed by atoms with Gasteiger partial charge < -0.3 is 15.4 Å².